The van der Waals surface area contributed by atoms with Crippen LogP contribution in [0.25, 0.3) is 11.3 Å². The van der Waals surface area contributed by atoms with Gasteiger partial charge in [0, 0.05) is 41.5 Å². The Bertz CT molecular complexity index is 1770. The van der Waals surface area contributed by atoms with E-state index < -0.39 is 41.7 Å². The molecule has 11 N–H and O–H groups in total. The number of rotatable bonds is 11. The molecule has 1 heterocycles. The summed E-state index contributed by atoms with van der Waals surface area (Å²) >= 11 is 0. The molecule has 0 aliphatic heterocycles. The lowest BCUT2D eigenvalue weighted by molar-refractivity contribution is -0.193. The number of hydrogen-bond acceptors (Lipinski definition) is 10. The summed E-state index contributed by atoms with van der Waals surface area (Å²) < 4.78 is 64.7. The van der Waals surface area contributed by atoms with Gasteiger partial charge in [-0.05, 0) is 37.6 Å². The van der Waals surface area contributed by atoms with E-state index in [2.05, 4.69) is 20.9 Å². The molecule has 52 heavy (non-hydrogen) atoms. The number of carbonyl (C=O) groups is 4. The Morgan fingerprint density at radius 1 is 0.923 bits per heavy atom. The molecule has 284 valence electrons. The minimum absolute atomic E-state index is 0.0495. The van der Waals surface area contributed by atoms with Gasteiger partial charge in [-0.15, -0.1) is 0 Å². The number of hydrogen-bond donors (Lipinski definition) is 9. The molecule has 16 nitrogen and oxygen atoms in total. The van der Waals surface area contributed by atoms with Gasteiger partial charge in [-0.3, -0.25) is 24.4 Å². The van der Waals surface area contributed by atoms with Crippen LogP contribution in [0.4, 0.5) is 37.8 Å². The number of nitrogens with one attached hydrogen (secondary N) is 4. The first-order valence-corrected chi connectivity index (χ1v) is 14.4. The molecule has 0 fully saturated rings. The van der Waals surface area contributed by atoms with E-state index in [4.69, 9.17) is 41.8 Å². The van der Waals surface area contributed by atoms with Crippen LogP contribution in [0.15, 0.2) is 53.5 Å². The Balaban J connectivity index is 0.000000812. The number of aliphatic hydroxyl groups excluding tert-OH is 1. The first-order valence-electron chi connectivity index (χ1n) is 14.4. The predicted octanol–water partition coefficient (Wildman–Crippen LogP) is 1.90. The summed E-state index contributed by atoms with van der Waals surface area (Å²) in [6.45, 7) is 3.47. The molecule has 3 aromatic rings. The van der Waals surface area contributed by atoms with Crippen LogP contribution in [0.3, 0.4) is 0 Å². The summed E-state index contributed by atoms with van der Waals surface area (Å²) in [6.07, 6.45) is -8.72. The van der Waals surface area contributed by atoms with Crippen LogP contribution < -0.4 is 33.0 Å². The van der Waals surface area contributed by atoms with E-state index in [0.717, 1.165) is 5.56 Å². The van der Waals surface area contributed by atoms with Gasteiger partial charge in [-0.2, -0.15) is 26.3 Å². The van der Waals surface area contributed by atoms with Crippen LogP contribution in [0.5, 0.6) is 0 Å². The molecule has 0 unspecified atom stereocenters. The van der Waals surface area contributed by atoms with Gasteiger partial charge in [0.2, 0.25) is 5.91 Å². The average Bonchev–Trinajstić information content (AvgIpc) is 3.04. The van der Waals surface area contributed by atoms with E-state index in [1.54, 1.807) is 36.4 Å². The van der Waals surface area contributed by atoms with E-state index in [1.807, 2.05) is 13.8 Å². The number of aliphatic hydroxyl groups is 1. The lowest BCUT2D eigenvalue weighted by Crippen LogP contribution is -2.35. The van der Waals surface area contributed by atoms with Crippen LogP contribution in [-0.2, 0) is 27.5 Å². The zero-order valence-electron chi connectivity index (χ0n) is 27.2. The molecule has 0 saturated carbocycles. The van der Waals surface area contributed by atoms with Crippen molar-refractivity contribution in [3.63, 3.8) is 0 Å². The van der Waals surface area contributed by atoms with E-state index in [0.29, 0.717) is 16.8 Å². The van der Waals surface area contributed by atoms with Crippen molar-refractivity contribution in [3.05, 3.63) is 75.7 Å². The van der Waals surface area contributed by atoms with Crippen LogP contribution in [0, 0.1) is 5.41 Å². The molecule has 0 radical (unpaired) electrons. The molecular formula is C30H34F6N8O8. The van der Waals surface area contributed by atoms with Crippen LogP contribution in [0.2, 0.25) is 0 Å². The molecule has 0 aliphatic rings. The normalized spacial score (nSPS) is 10.9. The summed E-state index contributed by atoms with van der Waals surface area (Å²) in [5, 5.41) is 39.1. The van der Waals surface area contributed by atoms with Crippen molar-refractivity contribution in [2.45, 2.75) is 45.3 Å². The third-order valence-electron chi connectivity index (χ3n) is 5.93. The number of carbonyl (C=O) groups excluding carboxylic acids is 2. The monoisotopic (exact) mass is 748 g/mol. The number of anilines is 2. The lowest BCUT2D eigenvalue weighted by Gasteiger charge is -2.17. The molecule has 22 heteroatoms. The van der Waals surface area contributed by atoms with E-state index >= 15 is 0 Å². The molecular weight excluding hydrogens is 714 g/mol. The summed E-state index contributed by atoms with van der Waals surface area (Å²) in [5.41, 5.74) is 13.6. The van der Waals surface area contributed by atoms with Crippen molar-refractivity contribution >= 4 is 41.1 Å². The number of halogens is 6. The fraction of sp³-hybridized carbons (Fsp3) is 0.300. The van der Waals surface area contributed by atoms with Gasteiger partial charge in [0.25, 0.3) is 11.5 Å². The predicted molar refractivity (Wildman–Crippen MR) is 173 cm³/mol. The van der Waals surface area contributed by atoms with E-state index in [1.165, 1.54) is 16.8 Å². The summed E-state index contributed by atoms with van der Waals surface area (Å²) in [4.78, 5) is 60.8. The number of benzene rings is 2. The van der Waals surface area contributed by atoms with Gasteiger partial charge in [0.15, 0.2) is 5.82 Å². The quantitative estimate of drug-likeness (QED) is 0.0589. The van der Waals surface area contributed by atoms with Crippen molar-refractivity contribution in [1.82, 2.24) is 20.2 Å². The lowest BCUT2D eigenvalue weighted by atomic mass is 10.1. The summed E-state index contributed by atoms with van der Waals surface area (Å²) in [5.74, 6) is -6.34. The number of carboxylic acid groups (broad SMARTS) is 2. The van der Waals surface area contributed by atoms with Crippen molar-refractivity contribution in [2.24, 2.45) is 5.73 Å². The van der Waals surface area contributed by atoms with Gasteiger partial charge >= 0.3 is 24.3 Å². The highest BCUT2D eigenvalue weighted by Crippen LogP contribution is 2.23. The van der Waals surface area contributed by atoms with Crippen LogP contribution in [-0.4, -0.2) is 86.0 Å². The van der Waals surface area contributed by atoms with Gasteiger partial charge in [-0.25, -0.2) is 14.6 Å². The first-order chi connectivity index (χ1) is 24.0. The number of aliphatic carboxylic acids is 2. The summed E-state index contributed by atoms with van der Waals surface area (Å²) in [7, 11) is 0. The Labute approximate surface area is 290 Å². The number of aromatic nitrogens is 2. The molecule has 0 spiro atoms. The highest BCUT2D eigenvalue weighted by atomic mass is 19.4. The number of amides is 2. The van der Waals surface area contributed by atoms with Gasteiger partial charge < -0.3 is 42.7 Å². The molecule has 0 aliphatic carbocycles. The van der Waals surface area contributed by atoms with Crippen molar-refractivity contribution in [3.8, 4) is 11.3 Å². The Kier molecular flexibility index (Phi) is 16.2. The molecule has 2 amide bonds. The highest BCUT2D eigenvalue weighted by Gasteiger charge is 2.38. The molecule has 2 aromatic carbocycles. The zero-order chi connectivity index (χ0) is 40.0. The van der Waals surface area contributed by atoms with Crippen LogP contribution >= 0.6 is 0 Å². The number of carboxylic acids is 2. The second-order valence-corrected chi connectivity index (χ2v) is 10.5. The SMILES string of the molecule is CC(C)Nc1ncc(-c2cc(N)cc(C(=O)NCCO)c2)n(CC(=O)NCc2ccc(C(=N)N)cc2)c1=O.O=C(O)C(F)(F)F.O=C(O)C(F)(F)F. The second kappa shape index (κ2) is 19.3. The van der Waals surface area contributed by atoms with Gasteiger partial charge in [0.1, 0.15) is 12.4 Å². The third-order valence-corrected chi connectivity index (χ3v) is 5.93. The largest absolute Gasteiger partial charge is 0.490 e. The maximum atomic E-state index is 13.3. The van der Waals surface area contributed by atoms with E-state index in [-0.39, 0.29) is 55.2 Å². The Morgan fingerprint density at radius 2 is 1.46 bits per heavy atom. The number of nitrogens with zero attached hydrogens (tertiary/aromatic N) is 2. The maximum Gasteiger partial charge on any atom is 0.490 e. The van der Waals surface area contributed by atoms with Gasteiger partial charge in [-0.1, -0.05) is 24.3 Å². The minimum atomic E-state index is -5.08. The van der Waals surface area contributed by atoms with E-state index in [9.17, 15) is 40.7 Å². The third kappa shape index (κ3) is 14.7. The van der Waals surface area contributed by atoms with Crippen molar-refractivity contribution < 1.29 is 60.8 Å². The van der Waals surface area contributed by atoms with Crippen molar-refractivity contribution in [1.29, 1.82) is 5.41 Å². The molecule has 1 aromatic heterocycles. The number of amidine groups is 1. The van der Waals surface area contributed by atoms with Crippen LogP contribution in [0.1, 0.15) is 35.3 Å². The van der Waals surface area contributed by atoms with Crippen molar-refractivity contribution in [2.75, 3.05) is 24.2 Å². The Hall–Kier alpha value is -6.19. The first kappa shape index (κ1) is 43.8. The number of nitrogen functional groups attached to an aromatic ring is 2. The Morgan fingerprint density at radius 3 is 1.92 bits per heavy atom. The molecule has 0 bridgehead atoms. The molecule has 0 atom stereocenters. The zero-order valence-corrected chi connectivity index (χ0v) is 27.2. The fourth-order valence-corrected chi connectivity index (χ4v) is 3.65. The average molecular weight is 749 g/mol. The fourth-order valence-electron chi connectivity index (χ4n) is 3.65. The number of nitrogens with two attached hydrogens (primary N) is 2. The molecule has 0 saturated heterocycles. The maximum absolute atomic E-state index is 13.3. The summed E-state index contributed by atoms with van der Waals surface area (Å²) in [6, 6.07) is 11.4. The smallest absolute Gasteiger partial charge is 0.475 e. The highest BCUT2D eigenvalue weighted by molar-refractivity contribution is 5.96. The second-order valence-electron chi connectivity index (χ2n) is 10.5. The standard InChI is InChI=1S/C26H32N8O4.2C2HF3O2/c1-15(2)33-24-26(38)34(14-22(36)31-12-16-3-5-17(6-4-16)23(28)29)21(13-32-24)18-9-19(11-20(27)10-18)25(37)30-7-8-35;2*3-2(4,5)1(6)7/h3-6,9-11,13,15,35H,7-8,12,14,27H2,1-2H3,(H3,28,29)(H,30,37)(H,31,36)(H,32,33);2*(H,6,7). The topological polar surface area (TPSA) is 276 Å². The molecule has 3 rings (SSSR count). The minimum Gasteiger partial charge on any atom is -0.475 e. The number of alkyl halides is 6. The van der Waals surface area contributed by atoms with Gasteiger partial charge in [0.05, 0.1) is 18.5 Å².